The molecule has 0 fully saturated rings. The van der Waals surface area contributed by atoms with Crippen LogP contribution in [0.4, 0.5) is 13.2 Å². The number of aromatic amines is 1. The molecule has 0 saturated heterocycles. The first-order valence-electron chi connectivity index (χ1n) is 5.65. The standard InChI is InChI=1S/C14H9F3N2/c15-14(16,17)11-7-13-12(18-8-19-13)6-10(11)9-4-2-1-3-5-9/h1-8H,(H,18,19). The van der Waals surface area contributed by atoms with Crippen LogP contribution in [-0.2, 0) is 6.18 Å². The summed E-state index contributed by atoms with van der Waals surface area (Å²) in [5, 5.41) is 0. The molecule has 1 N–H and O–H groups in total. The molecule has 0 amide bonds. The summed E-state index contributed by atoms with van der Waals surface area (Å²) in [4.78, 5) is 6.70. The number of alkyl halides is 3. The summed E-state index contributed by atoms with van der Waals surface area (Å²) in [5.41, 5.74) is 0.918. The average molecular weight is 262 g/mol. The van der Waals surface area contributed by atoms with E-state index in [2.05, 4.69) is 9.97 Å². The number of halogens is 3. The van der Waals surface area contributed by atoms with E-state index in [-0.39, 0.29) is 5.56 Å². The Bertz CT molecular complexity index is 714. The van der Waals surface area contributed by atoms with Crippen molar-refractivity contribution in [3.05, 3.63) is 54.4 Å². The van der Waals surface area contributed by atoms with Crippen molar-refractivity contribution in [2.24, 2.45) is 0 Å². The molecule has 2 nitrogen and oxygen atoms in total. The Hall–Kier alpha value is -2.30. The number of fused-ring (bicyclic) bond motifs is 1. The van der Waals surface area contributed by atoms with Crippen LogP contribution in [0.1, 0.15) is 5.56 Å². The van der Waals surface area contributed by atoms with E-state index >= 15 is 0 Å². The molecule has 0 aliphatic rings. The molecule has 0 radical (unpaired) electrons. The van der Waals surface area contributed by atoms with E-state index in [4.69, 9.17) is 0 Å². The van der Waals surface area contributed by atoms with Gasteiger partial charge in [-0.05, 0) is 23.3 Å². The fraction of sp³-hybridized carbons (Fsp3) is 0.0714. The van der Waals surface area contributed by atoms with E-state index in [9.17, 15) is 13.2 Å². The minimum Gasteiger partial charge on any atom is -0.345 e. The predicted molar refractivity (Wildman–Crippen MR) is 66.5 cm³/mol. The van der Waals surface area contributed by atoms with Gasteiger partial charge in [-0.2, -0.15) is 13.2 Å². The van der Waals surface area contributed by atoms with Gasteiger partial charge in [0, 0.05) is 0 Å². The van der Waals surface area contributed by atoms with Gasteiger partial charge in [-0.25, -0.2) is 4.98 Å². The molecule has 0 aliphatic heterocycles. The summed E-state index contributed by atoms with van der Waals surface area (Å²) in [6, 6.07) is 11.1. The van der Waals surface area contributed by atoms with E-state index in [1.54, 1.807) is 30.3 Å². The first-order chi connectivity index (χ1) is 9.05. The van der Waals surface area contributed by atoms with Gasteiger partial charge in [0.15, 0.2) is 0 Å². The molecule has 0 saturated carbocycles. The van der Waals surface area contributed by atoms with Gasteiger partial charge in [-0.3, -0.25) is 0 Å². The number of H-pyrrole nitrogens is 1. The number of rotatable bonds is 1. The number of nitrogens with zero attached hydrogens (tertiary/aromatic N) is 1. The highest BCUT2D eigenvalue weighted by molar-refractivity contribution is 5.84. The third-order valence-corrected chi connectivity index (χ3v) is 2.95. The summed E-state index contributed by atoms with van der Waals surface area (Å²) in [6.07, 6.45) is -3.01. The first kappa shape index (κ1) is 11.8. The highest BCUT2D eigenvalue weighted by atomic mass is 19.4. The Labute approximate surface area is 106 Å². The number of nitrogens with one attached hydrogen (secondary N) is 1. The van der Waals surface area contributed by atoms with Gasteiger partial charge >= 0.3 is 6.18 Å². The number of aromatic nitrogens is 2. The van der Waals surface area contributed by atoms with E-state index in [0.29, 0.717) is 16.6 Å². The number of hydrogen-bond acceptors (Lipinski definition) is 1. The smallest absolute Gasteiger partial charge is 0.345 e. The van der Waals surface area contributed by atoms with Gasteiger partial charge in [0.05, 0.1) is 22.9 Å². The minimum absolute atomic E-state index is 0.146. The van der Waals surface area contributed by atoms with Crippen LogP contribution in [0.5, 0.6) is 0 Å². The molecular formula is C14H9F3N2. The molecule has 96 valence electrons. The van der Waals surface area contributed by atoms with Crippen LogP contribution < -0.4 is 0 Å². The summed E-state index contributed by atoms with van der Waals surface area (Å²) >= 11 is 0. The SMILES string of the molecule is FC(F)(F)c1cc2[nH]cnc2cc1-c1ccccc1. The summed E-state index contributed by atoms with van der Waals surface area (Å²) in [6.45, 7) is 0. The van der Waals surface area contributed by atoms with Crippen molar-refractivity contribution >= 4 is 11.0 Å². The second-order valence-electron chi connectivity index (χ2n) is 4.18. The van der Waals surface area contributed by atoms with Gasteiger partial charge < -0.3 is 4.98 Å². The van der Waals surface area contributed by atoms with Crippen LogP contribution >= 0.6 is 0 Å². The second kappa shape index (κ2) is 4.12. The highest BCUT2D eigenvalue weighted by Crippen LogP contribution is 2.38. The molecule has 3 aromatic rings. The van der Waals surface area contributed by atoms with Gasteiger partial charge in [0.2, 0.25) is 0 Å². The lowest BCUT2D eigenvalue weighted by Crippen LogP contribution is -2.07. The van der Waals surface area contributed by atoms with Crippen LogP contribution in [0.3, 0.4) is 0 Å². The zero-order valence-corrected chi connectivity index (χ0v) is 9.70. The molecule has 0 bridgehead atoms. The molecule has 5 heteroatoms. The number of hydrogen-bond donors (Lipinski definition) is 1. The van der Waals surface area contributed by atoms with Gasteiger partial charge in [-0.1, -0.05) is 30.3 Å². The molecule has 19 heavy (non-hydrogen) atoms. The van der Waals surface area contributed by atoms with Crippen molar-refractivity contribution in [1.82, 2.24) is 9.97 Å². The van der Waals surface area contributed by atoms with E-state index < -0.39 is 11.7 Å². The normalized spacial score (nSPS) is 11.9. The van der Waals surface area contributed by atoms with Gasteiger partial charge in [0.1, 0.15) is 0 Å². The Morgan fingerprint density at radius 2 is 1.74 bits per heavy atom. The van der Waals surface area contributed by atoms with E-state index in [0.717, 1.165) is 6.07 Å². The average Bonchev–Trinajstić information content (AvgIpc) is 2.84. The predicted octanol–water partition coefficient (Wildman–Crippen LogP) is 4.25. The maximum Gasteiger partial charge on any atom is 0.417 e. The van der Waals surface area contributed by atoms with Gasteiger partial charge in [-0.15, -0.1) is 0 Å². The molecule has 1 aromatic heterocycles. The third kappa shape index (κ3) is 2.07. The molecule has 0 spiro atoms. The Morgan fingerprint density at radius 3 is 2.42 bits per heavy atom. The zero-order chi connectivity index (χ0) is 13.5. The van der Waals surface area contributed by atoms with Crippen LogP contribution in [-0.4, -0.2) is 9.97 Å². The Balaban J connectivity index is 2.32. The summed E-state index contributed by atoms with van der Waals surface area (Å²) < 4.78 is 39.4. The van der Waals surface area contributed by atoms with E-state index in [1.807, 2.05) is 0 Å². The molecule has 1 heterocycles. The topological polar surface area (TPSA) is 28.7 Å². The Kier molecular flexibility index (Phi) is 2.55. The maximum atomic E-state index is 13.1. The first-order valence-corrected chi connectivity index (χ1v) is 5.65. The minimum atomic E-state index is -4.40. The lowest BCUT2D eigenvalue weighted by molar-refractivity contribution is -0.137. The lowest BCUT2D eigenvalue weighted by atomic mass is 9.98. The van der Waals surface area contributed by atoms with Crippen molar-refractivity contribution in [3.8, 4) is 11.1 Å². The molecule has 2 aromatic carbocycles. The lowest BCUT2D eigenvalue weighted by Gasteiger charge is -2.13. The third-order valence-electron chi connectivity index (χ3n) is 2.95. The van der Waals surface area contributed by atoms with Crippen molar-refractivity contribution in [2.75, 3.05) is 0 Å². The van der Waals surface area contributed by atoms with Crippen LogP contribution in [0, 0.1) is 0 Å². The van der Waals surface area contributed by atoms with Crippen LogP contribution in [0.15, 0.2) is 48.8 Å². The summed E-state index contributed by atoms with van der Waals surface area (Å²) in [5.74, 6) is 0. The maximum absolute atomic E-state index is 13.1. The van der Waals surface area contributed by atoms with Crippen molar-refractivity contribution < 1.29 is 13.2 Å². The van der Waals surface area contributed by atoms with Crippen molar-refractivity contribution in [1.29, 1.82) is 0 Å². The largest absolute Gasteiger partial charge is 0.417 e. The molecule has 0 unspecified atom stereocenters. The van der Waals surface area contributed by atoms with Crippen LogP contribution in [0.2, 0.25) is 0 Å². The zero-order valence-electron chi connectivity index (χ0n) is 9.70. The summed E-state index contributed by atoms with van der Waals surface area (Å²) in [7, 11) is 0. The monoisotopic (exact) mass is 262 g/mol. The molecule has 0 aliphatic carbocycles. The van der Waals surface area contributed by atoms with Crippen LogP contribution in [0.25, 0.3) is 22.2 Å². The van der Waals surface area contributed by atoms with E-state index in [1.165, 1.54) is 12.4 Å². The second-order valence-corrected chi connectivity index (χ2v) is 4.18. The number of benzene rings is 2. The highest BCUT2D eigenvalue weighted by Gasteiger charge is 2.34. The number of imidazole rings is 1. The quantitative estimate of drug-likeness (QED) is 0.697. The van der Waals surface area contributed by atoms with Crippen molar-refractivity contribution in [3.63, 3.8) is 0 Å². The fourth-order valence-electron chi connectivity index (χ4n) is 2.07. The fourth-order valence-corrected chi connectivity index (χ4v) is 2.07. The molecular weight excluding hydrogens is 253 g/mol. The van der Waals surface area contributed by atoms with Crippen molar-refractivity contribution in [2.45, 2.75) is 6.18 Å². The Morgan fingerprint density at radius 1 is 1.00 bits per heavy atom. The molecule has 0 atom stereocenters. The molecule has 3 rings (SSSR count). The van der Waals surface area contributed by atoms with Gasteiger partial charge in [0.25, 0.3) is 0 Å².